The third kappa shape index (κ3) is 2.32. The first-order valence-corrected chi connectivity index (χ1v) is 4.04. The van der Waals surface area contributed by atoms with E-state index in [-0.39, 0.29) is 0 Å². The van der Waals surface area contributed by atoms with Crippen molar-refractivity contribution >= 4 is 11.9 Å². The zero-order valence-electron chi connectivity index (χ0n) is 8.24. The van der Waals surface area contributed by atoms with Gasteiger partial charge in [-0.05, 0) is 12.1 Å². The summed E-state index contributed by atoms with van der Waals surface area (Å²) in [5.74, 6) is -4.34. The summed E-state index contributed by atoms with van der Waals surface area (Å²) in [5, 5.41) is 20.8. The average molecular weight is 253 g/mol. The second kappa shape index (κ2) is 3.99. The van der Waals surface area contributed by atoms with Crippen LogP contribution in [0, 0.1) is 0 Å². The molecule has 1 rings (SSSR count). The summed E-state index contributed by atoms with van der Waals surface area (Å²) >= 11 is 0. The molecular formula is C6H6F3N5O3. The molecule has 3 N–H and O–H groups in total. The number of halogens is 3. The van der Waals surface area contributed by atoms with Gasteiger partial charge in [-0.15, -0.1) is 10.2 Å². The lowest BCUT2D eigenvalue weighted by atomic mass is 10.0. The van der Waals surface area contributed by atoms with E-state index in [4.69, 9.17) is 5.11 Å². The van der Waals surface area contributed by atoms with Crippen molar-refractivity contribution in [2.24, 2.45) is 0 Å². The van der Waals surface area contributed by atoms with Crippen molar-refractivity contribution in [1.82, 2.24) is 25.9 Å². The number of hydrogen-bond donors (Lipinski definition) is 3. The molecule has 1 aromatic rings. The summed E-state index contributed by atoms with van der Waals surface area (Å²) in [4.78, 5) is 21.8. The molecule has 94 valence electrons. The lowest BCUT2D eigenvalue weighted by Gasteiger charge is -2.27. The Morgan fingerprint density at radius 1 is 1.41 bits per heavy atom. The largest absolute Gasteiger partial charge is 0.479 e. The molecule has 1 heterocycles. The van der Waals surface area contributed by atoms with E-state index in [2.05, 4.69) is 15.4 Å². The number of hydrogen-bond acceptors (Lipinski definition) is 5. The smallest absolute Gasteiger partial charge is 0.422 e. The molecule has 0 saturated carbocycles. The molecule has 0 fully saturated rings. The number of carbonyl (C=O) groups is 2. The fourth-order valence-electron chi connectivity index (χ4n) is 0.787. The van der Waals surface area contributed by atoms with Gasteiger partial charge < -0.3 is 10.4 Å². The summed E-state index contributed by atoms with van der Waals surface area (Å²) < 4.78 is 37.5. The molecule has 0 aromatic carbocycles. The monoisotopic (exact) mass is 253 g/mol. The number of aromatic nitrogens is 4. The lowest BCUT2D eigenvalue weighted by Crippen LogP contribution is -2.62. The molecule has 0 saturated heterocycles. The number of aromatic amines is 1. The van der Waals surface area contributed by atoms with Crippen LogP contribution in [0.4, 0.5) is 13.2 Å². The molecule has 0 bridgehead atoms. The molecule has 0 aliphatic carbocycles. The lowest BCUT2D eigenvalue weighted by molar-refractivity contribution is -0.203. The minimum Gasteiger partial charge on any atom is -0.479 e. The molecule has 8 nitrogen and oxygen atoms in total. The van der Waals surface area contributed by atoms with E-state index < -0.39 is 29.4 Å². The number of H-pyrrole nitrogens is 1. The van der Waals surface area contributed by atoms with Crippen LogP contribution in [0.5, 0.6) is 0 Å². The van der Waals surface area contributed by atoms with Gasteiger partial charge in [-0.1, -0.05) is 0 Å². The Hall–Kier alpha value is -2.20. The second-order valence-electron chi connectivity index (χ2n) is 3.12. The summed E-state index contributed by atoms with van der Waals surface area (Å²) in [6.45, 7) is 0.313. The molecule has 1 unspecified atom stereocenters. The van der Waals surface area contributed by atoms with E-state index >= 15 is 0 Å². The van der Waals surface area contributed by atoms with Crippen molar-refractivity contribution in [1.29, 1.82) is 0 Å². The van der Waals surface area contributed by atoms with Crippen molar-refractivity contribution in [2.45, 2.75) is 18.6 Å². The molecule has 1 amide bonds. The highest BCUT2D eigenvalue weighted by molar-refractivity contribution is 5.95. The van der Waals surface area contributed by atoms with Crippen LogP contribution in [0.15, 0.2) is 0 Å². The van der Waals surface area contributed by atoms with E-state index in [0.29, 0.717) is 6.92 Å². The summed E-state index contributed by atoms with van der Waals surface area (Å²) in [5.41, 5.74) is -3.43. The SMILES string of the molecule is CC(NC(=O)c1nn[nH]n1)(C(=O)O)C(F)(F)F. The number of aliphatic carboxylic acids is 1. The van der Waals surface area contributed by atoms with Crippen LogP contribution in [-0.2, 0) is 4.79 Å². The fraction of sp³-hybridized carbons (Fsp3) is 0.500. The van der Waals surface area contributed by atoms with Crippen LogP contribution in [-0.4, -0.2) is 49.3 Å². The summed E-state index contributed by atoms with van der Waals surface area (Å²) in [6, 6.07) is 0. The van der Waals surface area contributed by atoms with E-state index in [1.54, 1.807) is 0 Å². The number of nitrogens with zero attached hydrogens (tertiary/aromatic N) is 3. The van der Waals surface area contributed by atoms with Gasteiger partial charge in [-0.25, -0.2) is 4.79 Å². The van der Waals surface area contributed by atoms with E-state index in [1.807, 2.05) is 5.21 Å². The number of carboxylic acids is 1. The molecule has 0 aliphatic heterocycles. The van der Waals surface area contributed by atoms with Crippen LogP contribution in [0.1, 0.15) is 17.5 Å². The number of amides is 1. The van der Waals surface area contributed by atoms with E-state index in [1.165, 1.54) is 5.32 Å². The molecule has 0 radical (unpaired) electrons. The molecular weight excluding hydrogens is 247 g/mol. The maximum absolute atomic E-state index is 12.5. The Labute approximate surface area is 91.2 Å². The van der Waals surface area contributed by atoms with E-state index in [0.717, 1.165) is 0 Å². The Morgan fingerprint density at radius 2 is 2.00 bits per heavy atom. The Kier molecular flexibility index (Phi) is 3.02. The zero-order valence-corrected chi connectivity index (χ0v) is 8.24. The minimum absolute atomic E-state index is 0.313. The molecule has 11 heteroatoms. The van der Waals surface area contributed by atoms with Gasteiger partial charge in [0.05, 0.1) is 0 Å². The average Bonchev–Trinajstić information content (AvgIpc) is 2.67. The highest BCUT2D eigenvalue weighted by atomic mass is 19.4. The summed E-state index contributed by atoms with van der Waals surface area (Å²) in [6.07, 6.45) is -5.17. The molecule has 0 aliphatic rings. The van der Waals surface area contributed by atoms with Crippen molar-refractivity contribution in [3.8, 4) is 0 Å². The number of tetrazole rings is 1. The fourth-order valence-corrected chi connectivity index (χ4v) is 0.787. The Balaban J connectivity index is 2.97. The van der Waals surface area contributed by atoms with Crippen LogP contribution in [0.25, 0.3) is 0 Å². The normalized spacial score (nSPS) is 15.1. The van der Waals surface area contributed by atoms with Gasteiger partial charge in [0.15, 0.2) is 0 Å². The van der Waals surface area contributed by atoms with Gasteiger partial charge in [-0.2, -0.15) is 18.4 Å². The van der Waals surface area contributed by atoms with Gasteiger partial charge in [0.25, 0.3) is 11.7 Å². The predicted molar refractivity (Wildman–Crippen MR) is 43.7 cm³/mol. The summed E-state index contributed by atoms with van der Waals surface area (Å²) in [7, 11) is 0. The predicted octanol–water partition coefficient (Wildman–Crippen LogP) is -0.665. The van der Waals surface area contributed by atoms with Crippen LogP contribution < -0.4 is 5.32 Å². The van der Waals surface area contributed by atoms with E-state index in [9.17, 15) is 22.8 Å². The highest BCUT2D eigenvalue weighted by Gasteiger charge is 2.58. The topological polar surface area (TPSA) is 121 Å². The van der Waals surface area contributed by atoms with Gasteiger partial charge in [-0.3, -0.25) is 4.79 Å². The number of alkyl halides is 3. The maximum Gasteiger partial charge on any atom is 0.422 e. The van der Waals surface area contributed by atoms with Crippen LogP contribution in [0.3, 0.4) is 0 Å². The molecule has 1 atom stereocenters. The van der Waals surface area contributed by atoms with Crippen molar-refractivity contribution < 1.29 is 27.9 Å². The first-order chi connectivity index (χ1) is 7.68. The first kappa shape index (κ1) is 12.9. The molecule has 1 aromatic heterocycles. The third-order valence-electron chi connectivity index (χ3n) is 1.91. The Morgan fingerprint density at radius 3 is 2.35 bits per heavy atom. The van der Waals surface area contributed by atoms with Gasteiger partial charge >= 0.3 is 12.1 Å². The van der Waals surface area contributed by atoms with Crippen molar-refractivity contribution in [2.75, 3.05) is 0 Å². The standard InChI is InChI=1S/C6H6F3N5O3/c1-5(4(16)17,6(7,8)9)10-3(15)2-11-13-14-12-2/h1H3,(H,10,15)(H,16,17)(H,11,12,13,14). The maximum atomic E-state index is 12.5. The number of carboxylic acid groups (broad SMARTS) is 1. The zero-order chi connectivity index (χ0) is 13.3. The van der Waals surface area contributed by atoms with Crippen LogP contribution in [0.2, 0.25) is 0 Å². The van der Waals surface area contributed by atoms with Gasteiger partial charge in [0.2, 0.25) is 5.54 Å². The Bertz CT molecular complexity index is 431. The first-order valence-electron chi connectivity index (χ1n) is 4.04. The quantitative estimate of drug-likeness (QED) is 0.657. The molecule has 0 spiro atoms. The highest BCUT2D eigenvalue weighted by Crippen LogP contribution is 2.30. The second-order valence-corrected chi connectivity index (χ2v) is 3.12. The molecule has 17 heavy (non-hydrogen) atoms. The van der Waals surface area contributed by atoms with Crippen molar-refractivity contribution in [3.63, 3.8) is 0 Å². The van der Waals surface area contributed by atoms with Crippen molar-refractivity contribution in [3.05, 3.63) is 5.82 Å². The van der Waals surface area contributed by atoms with Gasteiger partial charge in [0, 0.05) is 0 Å². The number of rotatable bonds is 3. The van der Waals surface area contributed by atoms with Crippen LogP contribution >= 0.6 is 0 Å². The van der Waals surface area contributed by atoms with Gasteiger partial charge in [0.1, 0.15) is 0 Å². The number of nitrogens with one attached hydrogen (secondary N) is 2. The third-order valence-corrected chi connectivity index (χ3v) is 1.91. The number of carbonyl (C=O) groups excluding carboxylic acids is 1. The minimum atomic E-state index is -5.17.